The highest BCUT2D eigenvalue weighted by molar-refractivity contribution is 8.80. The fourth-order valence-electron chi connectivity index (χ4n) is 0.228. The SMILES string of the molecule is CSSC(SC#N)SC#N. The molecule has 0 aromatic carbocycles. The maximum Gasteiger partial charge on any atom is 0.135 e. The van der Waals surface area contributed by atoms with Crippen molar-refractivity contribution >= 4 is 45.1 Å². The summed E-state index contributed by atoms with van der Waals surface area (Å²) in [4.78, 5) is 0. The average Bonchev–Trinajstić information content (AvgIpc) is 1.90. The predicted octanol–water partition coefficient (Wildman–Crippen LogP) is 2.71. The van der Waals surface area contributed by atoms with Gasteiger partial charge in [-0.1, -0.05) is 21.6 Å². The Morgan fingerprint density at radius 3 is 2.00 bits per heavy atom. The van der Waals surface area contributed by atoms with Crippen molar-refractivity contribution in [1.82, 2.24) is 0 Å². The van der Waals surface area contributed by atoms with Crippen molar-refractivity contribution in [1.29, 1.82) is 10.5 Å². The molecule has 0 saturated heterocycles. The maximum atomic E-state index is 8.26. The van der Waals surface area contributed by atoms with Gasteiger partial charge in [0.1, 0.15) is 14.7 Å². The number of rotatable bonds is 4. The molecule has 0 atom stereocenters. The number of hydrogen-bond acceptors (Lipinski definition) is 6. The van der Waals surface area contributed by atoms with Crippen LogP contribution in [0.3, 0.4) is 0 Å². The summed E-state index contributed by atoms with van der Waals surface area (Å²) in [6.45, 7) is 0. The third kappa shape index (κ3) is 5.19. The average molecular weight is 208 g/mol. The molecule has 0 rings (SSSR count). The molecule has 0 aliphatic rings. The molecule has 0 fully saturated rings. The van der Waals surface area contributed by atoms with E-state index in [2.05, 4.69) is 0 Å². The van der Waals surface area contributed by atoms with Gasteiger partial charge in [-0.2, -0.15) is 10.5 Å². The van der Waals surface area contributed by atoms with Crippen LogP contribution in [0.5, 0.6) is 0 Å². The fourth-order valence-corrected chi connectivity index (χ4v) is 4.17. The van der Waals surface area contributed by atoms with E-state index in [4.69, 9.17) is 10.5 Å². The van der Waals surface area contributed by atoms with Crippen LogP contribution in [0.2, 0.25) is 0 Å². The Morgan fingerprint density at radius 2 is 1.70 bits per heavy atom. The van der Waals surface area contributed by atoms with E-state index in [1.54, 1.807) is 10.8 Å². The minimum absolute atomic E-state index is 0.0185. The Labute approximate surface area is 76.5 Å². The zero-order valence-corrected chi connectivity index (χ0v) is 8.37. The fraction of sp³-hybridized carbons (Fsp3) is 0.500. The highest BCUT2D eigenvalue weighted by Crippen LogP contribution is 2.38. The van der Waals surface area contributed by atoms with E-state index in [9.17, 15) is 0 Å². The Hall–Kier alpha value is 0.380. The molecule has 0 amide bonds. The number of thioether (sulfide) groups is 2. The van der Waals surface area contributed by atoms with Gasteiger partial charge in [-0.25, -0.2) is 0 Å². The summed E-state index contributed by atoms with van der Waals surface area (Å²) >= 11 is 2.23. The summed E-state index contributed by atoms with van der Waals surface area (Å²) in [6, 6.07) is 0. The first kappa shape index (κ1) is 10.4. The van der Waals surface area contributed by atoms with Gasteiger partial charge in [-0.3, -0.25) is 0 Å². The van der Waals surface area contributed by atoms with Crippen LogP contribution in [0.1, 0.15) is 0 Å². The number of nitrogens with zero attached hydrogens (tertiary/aromatic N) is 2. The lowest BCUT2D eigenvalue weighted by molar-refractivity contribution is 1.56. The molecule has 0 radical (unpaired) electrons. The molecule has 0 saturated carbocycles. The molecule has 0 heterocycles. The van der Waals surface area contributed by atoms with Gasteiger partial charge in [0.15, 0.2) is 0 Å². The summed E-state index contributed by atoms with van der Waals surface area (Å²) < 4.78 is 0.0185. The Kier molecular flexibility index (Phi) is 7.77. The van der Waals surface area contributed by atoms with E-state index in [-0.39, 0.29) is 3.91 Å². The van der Waals surface area contributed by atoms with E-state index in [1.165, 1.54) is 10.8 Å². The summed E-state index contributed by atoms with van der Waals surface area (Å²) in [5.41, 5.74) is 0. The van der Waals surface area contributed by atoms with Gasteiger partial charge in [0.05, 0.1) is 0 Å². The standard InChI is InChI=1S/C4H4N2S4/c1-7-10-4(8-2-5)9-3-6/h4H,1H3. The first-order valence-corrected chi connectivity index (χ1v) is 6.52. The van der Waals surface area contributed by atoms with Crippen molar-refractivity contribution in [3.05, 3.63) is 0 Å². The molecule has 2 nitrogen and oxygen atoms in total. The first-order chi connectivity index (χ1) is 4.85. The van der Waals surface area contributed by atoms with E-state index in [1.807, 2.05) is 17.1 Å². The van der Waals surface area contributed by atoms with Gasteiger partial charge in [-0.05, 0) is 29.8 Å². The Bertz CT molecular complexity index is 142. The second-order valence-electron chi connectivity index (χ2n) is 0.970. The van der Waals surface area contributed by atoms with Gasteiger partial charge in [0.2, 0.25) is 0 Å². The largest absolute Gasteiger partial charge is 0.185 e. The second-order valence-corrected chi connectivity index (χ2v) is 6.22. The van der Waals surface area contributed by atoms with Crippen molar-refractivity contribution in [2.75, 3.05) is 6.26 Å². The summed E-state index contributed by atoms with van der Waals surface area (Å²) in [5, 5.41) is 20.4. The van der Waals surface area contributed by atoms with Gasteiger partial charge in [0.25, 0.3) is 0 Å². The van der Waals surface area contributed by atoms with Crippen molar-refractivity contribution in [2.45, 2.75) is 3.91 Å². The van der Waals surface area contributed by atoms with E-state index in [0.29, 0.717) is 0 Å². The van der Waals surface area contributed by atoms with Crippen LogP contribution in [-0.4, -0.2) is 10.2 Å². The third-order valence-corrected chi connectivity index (χ3v) is 5.04. The molecule has 54 valence electrons. The second kappa shape index (κ2) is 7.49. The smallest absolute Gasteiger partial charge is 0.135 e. The van der Waals surface area contributed by atoms with Crippen LogP contribution in [0, 0.1) is 21.3 Å². The number of thiocyanates is 2. The van der Waals surface area contributed by atoms with Crippen LogP contribution >= 0.6 is 45.1 Å². The van der Waals surface area contributed by atoms with Gasteiger partial charge in [0, 0.05) is 0 Å². The zero-order chi connectivity index (χ0) is 7.82. The molecule has 0 aromatic rings. The van der Waals surface area contributed by atoms with Crippen molar-refractivity contribution in [3.63, 3.8) is 0 Å². The van der Waals surface area contributed by atoms with Crippen molar-refractivity contribution in [2.24, 2.45) is 0 Å². The molecule has 0 aromatic heterocycles. The molecule has 0 unspecified atom stereocenters. The van der Waals surface area contributed by atoms with Crippen LogP contribution < -0.4 is 0 Å². The lowest BCUT2D eigenvalue weighted by atomic mass is 11.8. The van der Waals surface area contributed by atoms with Crippen molar-refractivity contribution < 1.29 is 0 Å². The lowest BCUT2D eigenvalue weighted by Gasteiger charge is -2.01. The Morgan fingerprint density at radius 1 is 1.20 bits per heavy atom. The molecule has 0 spiro atoms. The molecular weight excluding hydrogens is 204 g/mol. The Balaban J connectivity index is 3.54. The minimum atomic E-state index is 0.0185. The normalized spacial score (nSPS) is 8.80. The summed E-state index contributed by atoms with van der Waals surface area (Å²) in [6.07, 6.45) is 1.92. The first-order valence-electron chi connectivity index (χ1n) is 2.14. The van der Waals surface area contributed by atoms with E-state index < -0.39 is 0 Å². The predicted molar refractivity (Wildman–Crippen MR) is 51.3 cm³/mol. The molecule has 0 N–H and O–H groups in total. The van der Waals surface area contributed by atoms with Crippen LogP contribution in [-0.2, 0) is 0 Å². The maximum absolute atomic E-state index is 8.26. The van der Waals surface area contributed by atoms with Gasteiger partial charge in [-0.15, -0.1) is 0 Å². The monoisotopic (exact) mass is 208 g/mol. The number of hydrogen-bond donors (Lipinski definition) is 0. The number of nitriles is 2. The third-order valence-electron chi connectivity index (χ3n) is 0.473. The summed E-state index contributed by atoms with van der Waals surface area (Å²) in [7, 11) is 3.09. The molecule has 0 aliphatic carbocycles. The molecule has 0 aliphatic heterocycles. The van der Waals surface area contributed by atoms with Gasteiger partial charge < -0.3 is 0 Å². The van der Waals surface area contributed by atoms with Gasteiger partial charge >= 0.3 is 0 Å². The highest BCUT2D eigenvalue weighted by atomic mass is 33.1. The van der Waals surface area contributed by atoms with Crippen LogP contribution in [0.25, 0.3) is 0 Å². The van der Waals surface area contributed by atoms with Crippen LogP contribution in [0.15, 0.2) is 0 Å². The zero-order valence-electron chi connectivity index (χ0n) is 5.10. The van der Waals surface area contributed by atoms with E-state index in [0.717, 1.165) is 23.5 Å². The van der Waals surface area contributed by atoms with Crippen LogP contribution in [0.4, 0.5) is 0 Å². The molecule has 10 heavy (non-hydrogen) atoms. The lowest BCUT2D eigenvalue weighted by Crippen LogP contribution is -1.81. The summed E-state index contributed by atoms with van der Waals surface area (Å²) in [5.74, 6) is 0. The molecular formula is C4H4N2S4. The highest BCUT2D eigenvalue weighted by Gasteiger charge is 2.08. The van der Waals surface area contributed by atoms with Crippen molar-refractivity contribution in [3.8, 4) is 10.8 Å². The van der Waals surface area contributed by atoms with E-state index >= 15 is 0 Å². The topological polar surface area (TPSA) is 47.6 Å². The minimum Gasteiger partial charge on any atom is -0.185 e. The molecule has 6 heteroatoms. The molecule has 0 bridgehead atoms. The quantitative estimate of drug-likeness (QED) is 0.402.